The Balaban J connectivity index is 1.59. The maximum Gasteiger partial charge on any atom is 0.230 e. The molecule has 0 spiro atoms. The van der Waals surface area contributed by atoms with Crippen molar-refractivity contribution in [3.8, 4) is 11.5 Å². The molecule has 1 aliphatic carbocycles. The molecule has 1 atom stereocenters. The van der Waals surface area contributed by atoms with Crippen LogP contribution in [0, 0.1) is 0 Å². The van der Waals surface area contributed by atoms with Gasteiger partial charge in [0.25, 0.3) is 0 Å². The minimum Gasteiger partial charge on any atom is -0.497 e. The van der Waals surface area contributed by atoms with E-state index in [0.717, 1.165) is 24.2 Å². The van der Waals surface area contributed by atoms with Crippen LogP contribution in [0.15, 0.2) is 23.4 Å². The van der Waals surface area contributed by atoms with Crippen molar-refractivity contribution in [3.63, 3.8) is 0 Å². The topological polar surface area (TPSA) is 104 Å². The van der Waals surface area contributed by atoms with Gasteiger partial charge in [-0.25, -0.2) is 4.68 Å². The zero-order chi connectivity index (χ0) is 18.7. The van der Waals surface area contributed by atoms with Crippen LogP contribution in [0.5, 0.6) is 11.5 Å². The summed E-state index contributed by atoms with van der Waals surface area (Å²) in [6.45, 7) is 1.90. The first kappa shape index (κ1) is 18.4. The number of carbonyl (C=O) groups excluding carboxylic acids is 1. The number of benzene rings is 1. The van der Waals surface area contributed by atoms with E-state index in [1.54, 1.807) is 14.2 Å². The number of nitrogens with two attached hydrogens (primary N) is 1. The van der Waals surface area contributed by atoms with Gasteiger partial charge in [-0.15, -0.1) is 10.2 Å². The van der Waals surface area contributed by atoms with Crippen molar-refractivity contribution in [1.29, 1.82) is 0 Å². The molecular weight excluding hydrogens is 354 g/mol. The number of hydrogen-bond donors (Lipinski definition) is 2. The van der Waals surface area contributed by atoms with Gasteiger partial charge in [0.2, 0.25) is 11.1 Å². The van der Waals surface area contributed by atoms with Crippen LogP contribution in [-0.4, -0.2) is 40.8 Å². The molecule has 3 rings (SSSR count). The van der Waals surface area contributed by atoms with Crippen molar-refractivity contribution >= 4 is 17.7 Å². The molecule has 0 unspecified atom stereocenters. The second-order valence-electron chi connectivity index (χ2n) is 6.17. The average Bonchev–Trinajstić information content (AvgIpc) is 3.42. The molecule has 0 saturated heterocycles. The van der Waals surface area contributed by atoms with Gasteiger partial charge >= 0.3 is 0 Å². The lowest BCUT2D eigenvalue weighted by Crippen LogP contribution is -2.28. The molecule has 8 nitrogen and oxygen atoms in total. The van der Waals surface area contributed by atoms with Gasteiger partial charge in [0.1, 0.15) is 11.5 Å². The van der Waals surface area contributed by atoms with Crippen LogP contribution in [0.25, 0.3) is 0 Å². The lowest BCUT2D eigenvalue weighted by Gasteiger charge is -2.18. The van der Waals surface area contributed by atoms with Crippen molar-refractivity contribution in [2.75, 3.05) is 25.8 Å². The molecule has 2 aromatic rings. The van der Waals surface area contributed by atoms with Crippen molar-refractivity contribution in [2.24, 2.45) is 0 Å². The summed E-state index contributed by atoms with van der Waals surface area (Å²) in [5.41, 5.74) is 0.850. The molecule has 1 aromatic carbocycles. The van der Waals surface area contributed by atoms with Gasteiger partial charge in [0.05, 0.1) is 26.0 Å². The summed E-state index contributed by atoms with van der Waals surface area (Å²) in [5, 5.41) is 11.7. The summed E-state index contributed by atoms with van der Waals surface area (Å²) >= 11 is 1.27. The predicted octanol–water partition coefficient (Wildman–Crippen LogP) is 1.86. The molecule has 3 N–H and O–H groups in total. The SMILES string of the molecule is COc1ccc(OC)c([C@H](C)NC(=O)CSc2nnc(C3CC3)n2N)c1. The smallest absolute Gasteiger partial charge is 0.230 e. The number of aromatic nitrogens is 3. The molecule has 0 bridgehead atoms. The summed E-state index contributed by atoms with van der Waals surface area (Å²) in [6.07, 6.45) is 2.20. The first-order valence-corrected chi connectivity index (χ1v) is 9.36. The molecule has 9 heteroatoms. The van der Waals surface area contributed by atoms with Crippen molar-refractivity contribution in [2.45, 2.75) is 36.9 Å². The van der Waals surface area contributed by atoms with Crippen LogP contribution in [-0.2, 0) is 4.79 Å². The highest BCUT2D eigenvalue weighted by Gasteiger charge is 2.30. The van der Waals surface area contributed by atoms with Crippen LogP contribution in [0.3, 0.4) is 0 Å². The lowest BCUT2D eigenvalue weighted by atomic mass is 10.1. The molecule has 1 saturated carbocycles. The first-order valence-electron chi connectivity index (χ1n) is 8.38. The molecule has 1 amide bonds. The number of rotatable bonds is 8. The number of carbonyl (C=O) groups is 1. The number of thioether (sulfide) groups is 1. The normalized spacial score (nSPS) is 14.7. The Labute approximate surface area is 156 Å². The summed E-state index contributed by atoms with van der Waals surface area (Å²) in [4.78, 5) is 12.3. The Bertz CT molecular complexity index is 791. The Morgan fingerprint density at radius 2 is 2.15 bits per heavy atom. The molecule has 140 valence electrons. The number of hydrogen-bond acceptors (Lipinski definition) is 7. The third-order valence-electron chi connectivity index (χ3n) is 4.25. The third-order valence-corrected chi connectivity index (χ3v) is 5.19. The maximum atomic E-state index is 12.3. The largest absolute Gasteiger partial charge is 0.497 e. The number of nitrogens with zero attached hydrogens (tertiary/aromatic N) is 3. The highest BCUT2D eigenvalue weighted by atomic mass is 32.2. The van der Waals surface area contributed by atoms with Crippen LogP contribution in [0.4, 0.5) is 0 Å². The van der Waals surface area contributed by atoms with Crippen molar-refractivity contribution in [1.82, 2.24) is 20.2 Å². The van der Waals surface area contributed by atoms with Gasteiger partial charge in [0, 0.05) is 11.5 Å². The number of nitrogens with one attached hydrogen (secondary N) is 1. The van der Waals surface area contributed by atoms with Crippen LogP contribution < -0.4 is 20.6 Å². The van der Waals surface area contributed by atoms with Gasteiger partial charge in [-0.1, -0.05) is 11.8 Å². The molecule has 1 aromatic heterocycles. The van der Waals surface area contributed by atoms with E-state index < -0.39 is 0 Å². The fraction of sp³-hybridized carbons (Fsp3) is 0.471. The fourth-order valence-corrected chi connectivity index (χ4v) is 3.35. The first-order chi connectivity index (χ1) is 12.5. The monoisotopic (exact) mass is 377 g/mol. The minimum absolute atomic E-state index is 0.122. The highest BCUT2D eigenvalue weighted by molar-refractivity contribution is 7.99. The van der Waals surface area contributed by atoms with Crippen molar-refractivity contribution < 1.29 is 14.3 Å². The zero-order valence-corrected chi connectivity index (χ0v) is 15.9. The van der Waals surface area contributed by atoms with E-state index in [1.807, 2.05) is 25.1 Å². The van der Waals surface area contributed by atoms with E-state index >= 15 is 0 Å². The quantitative estimate of drug-likeness (QED) is 0.534. The van der Waals surface area contributed by atoms with E-state index in [-0.39, 0.29) is 17.7 Å². The molecule has 1 heterocycles. The molecule has 0 aliphatic heterocycles. The lowest BCUT2D eigenvalue weighted by molar-refractivity contribution is -0.119. The van der Waals surface area contributed by atoms with E-state index in [0.29, 0.717) is 22.6 Å². The number of methoxy groups -OCH3 is 2. The van der Waals surface area contributed by atoms with E-state index in [2.05, 4.69) is 15.5 Å². The Morgan fingerprint density at radius 3 is 2.81 bits per heavy atom. The predicted molar refractivity (Wildman–Crippen MR) is 99.0 cm³/mol. The zero-order valence-electron chi connectivity index (χ0n) is 15.1. The standard InChI is InChI=1S/C17H23N5O3S/c1-10(13-8-12(24-2)6-7-14(13)25-3)19-15(23)9-26-17-21-20-16(22(17)18)11-4-5-11/h6-8,10-11H,4-5,9,18H2,1-3H3,(H,19,23)/t10-/m0/s1. The van der Waals surface area contributed by atoms with Gasteiger partial charge in [-0.05, 0) is 38.0 Å². The number of nitrogen functional groups attached to an aromatic ring is 1. The Morgan fingerprint density at radius 1 is 1.38 bits per heavy atom. The molecule has 0 radical (unpaired) electrons. The number of ether oxygens (including phenoxy) is 2. The Hall–Kier alpha value is -2.42. The third kappa shape index (κ3) is 4.04. The van der Waals surface area contributed by atoms with Crippen LogP contribution in [0.1, 0.15) is 43.1 Å². The fourth-order valence-electron chi connectivity index (χ4n) is 2.68. The van der Waals surface area contributed by atoms with Gasteiger partial charge < -0.3 is 20.6 Å². The van der Waals surface area contributed by atoms with Gasteiger partial charge in [-0.2, -0.15) is 0 Å². The highest BCUT2D eigenvalue weighted by Crippen LogP contribution is 2.39. The summed E-state index contributed by atoms with van der Waals surface area (Å²) in [7, 11) is 3.20. The van der Waals surface area contributed by atoms with E-state index in [9.17, 15) is 4.79 Å². The summed E-state index contributed by atoms with van der Waals surface area (Å²) in [5.74, 6) is 8.70. The average molecular weight is 377 g/mol. The number of amides is 1. The maximum absolute atomic E-state index is 12.3. The Kier molecular flexibility index (Phi) is 5.55. The van der Waals surface area contributed by atoms with Gasteiger partial charge in [-0.3, -0.25) is 4.79 Å². The summed E-state index contributed by atoms with van der Waals surface area (Å²) < 4.78 is 12.1. The molecule has 26 heavy (non-hydrogen) atoms. The van der Waals surface area contributed by atoms with Crippen molar-refractivity contribution in [3.05, 3.63) is 29.6 Å². The second-order valence-corrected chi connectivity index (χ2v) is 7.11. The summed E-state index contributed by atoms with van der Waals surface area (Å²) in [6, 6.07) is 5.26. The van der Waals surface area contributed by atoms with E-state index in [4.69, 9.17) is 15.3 Å². The molecule has 1 fully saturated rings. The van der Waals surface area contributed by atoms with Crippen LogP contribution in [0.2, 0.25) is 0 Å². The van der Waals surface area contributed by atoms with E-state index in [1.165, 1.54) is 16.4 Å². The van der Waals surface area contributed by atoms with Crippen LogP contribution >= 0.6 is 11.8 Å². The minimum atomic E-state index is -0.231. The van der Waals surface area contributed by atoms with Gasteiger partial charge in [0.15, 0.2) is 5.82 Å². The molecular formula is C17H23N5O3S. The molecule has 1 aliphatic rings. The second kappa shape index (κ2) is 7.86.